The summed E-state index contributed by atoms with van der Waals surface area (Å²) < 4.78 is 0. The molecule has 0 heterocycles. The maximum absolute atomic E-state index is 10.4. The number of hydrogen-bond acceptors (Lipinski definition) is 2. The van der Waals surface area contributed by atoms with E-state index in [9.17, 15) is 5.11 Å². The summed E-state index contributed by atoms with van der Waals surface area (Å²) in [7, 11) is 0. The van der Waals surface area contributed by atoms with Crippen molar-refractivity contribution in [3.8, 4) is 0 Å². The molecule has 0 amide bonds. The number of aliphatic hydroxyl groups is 1. The fourth-order valence-electron chi connectivity index (χ4n) is 2.88. The van der Waals surface area contributed by atoms with Gasteiger partial charge in [-0.3, -0.25) is 4.90 Å². The molecule has 1 fully saturated rings. The highest BCUT2D eigenvalue weighted by molar-refractivity contribution is 4.91. The monoisotopic (exact) mass is 237 g/mol. The molecule has 2 heteroatoms. The Morgan fingerprint density at radius 2 is 1.88 bits per heavy atom. The molecule has 17 heavy (non-hydrogen) atoms. The van der Waals surface area contributed by atoms with Crippen molar-refractivity contribution in [3.05, 3.63) is 25.3 Å². The second-order valence-electron chi connectivity index (χ2n) is 5.88. The normalized spacial score (nSPS) is 28.0. The van der Waals surface area contributed by atoms with E-state index in [-0.39, 0.29) is 11.5 Å². The van der Waals surface area contributed by atoms with Crippen molar-refractivity contribution < 1.29 is 5.11 Å². The molecule has 98 valence electrons. The van der Waals surface area contributed by atoms with Gasteiger partial charge in [-0.05, 0) is 24.2 Å². The summed E-state index contributed by atoms with van der Waals surface area (Å²) in [5.74, 6) is 0.388. The summed E-state index contributed by atoms with van der Waals surface area (Å²) in [6.45, 7) is 14.6. The van der Waals surface area contributed by atoms with Gasteiger partial charge in [0.1, 0.15) is 0 Å². The van der Waals surface area contributed by atoms with Crippen LogP contribution in [0.1, 0.15) is 33.1 Å². The lowest BCUT2D eigenvalue weighted by Gasteiger charge is -2.42. The van der Waals surface area contributed by atoms with Crippen molar-refractivity contribution in [2.24, 2.45) is 11.3 Å². The maximum Gasteiger partial charge on any atom is 0.0631 e. The molecule has 1 saturated carbocycles. The molecule has 0 bridgehead atoms. The van der Waals surface area contributed by atoms with Crippen LogP contribution >= 0.6 is 0 Å². The Labute approximate surface area is 106 Å². The van der Waals surface area contributed by atoms with Gasteiger partial charge < -0.3 is 5.11 Å². The molecule has 0 aromatic rings. The van der Waals surface area contributed by atoms with Gasteiger partial charge in [0.25, 0.3) is 0 Å². The lowest BCUT2D eigenvalue weighted by atomic mass is 9.69. The standard InChI is InChI=1S/C15H27NO/c1-5-10-16(11-6-2)12-13-8-7-9-15(3,4)14(13)17/h5-6,13-14,17H,1-2,7-12H2,3-4H3. The maximum atomic E-state index is 10.4. The topological polar surface area (TPSA) is 23.5 Å². The van der Waals surface area contributed by atoms with Gasteiger partial charge in [0, 0.05) is 19.6 Å². The van der Waals surface area contributed by atoms with Crippen LogP contribution in [0, 0.1) is 11.3 Å². The van der Waals surface area contributed by atoms with Gasteiger partial charge >= 0.3 is 0 Å². The fourth-order valence-corrected chi connectivity index (χ4v) is 2.88. The fraction of sp³-hybridized carbons (Fsp3) is 0.733. The van der Waals surface area contributed by atoms with Crippen molar-refractivity contribution in [3.63, 3.8) is 0 Å². The lowest BCUT2D eigenvalue weighted by molar-refractivity contribution is -0.0411. The van der Waals surface area contributed by atoms with Gasteiger partial charge in [-0.25, -0.2) is 0 Å². The van der Waals surface area contributed by atoms with Crippen molar-refractivity contribution in [1.29, 1.82) is 0 Å². The van der Waals surface area contributed by atoms with E-state index in [4.69, 9.17) is 0 Å². The third-order valence-electron chi connectivity index (χ3n) is 3.91. The molecule has 0 saturated heterocycles. The van der Waals surface area contributed by atoms with E-state index < -0.39 is 0 Å². The van der Waals surface area contributed by atoms with Crippen molar-refractivity contribution in [2.75, 3.05) is 19.6 Å². The summed E-state index contributed by atoms with van der Waals surface area (Å²) in [5, 5.41) is 10.4. The van der Waals surface area contributed by atoms with Crippen molar-refractivity contribution in [2.45, 2.75) is 39.2 Å². The zero-order valence-electron chi connectivity index (χ0n) is 11.4. The Balaban J connectivity index is 2.58. The van der Waals surface area contributed by atoms with Crippen LogP contribution < -0.4 is 0 Å². The zero-order chi connectivity index (χ0) is 12.9. The van der Waals surface area contributed by atoms with E-state index in [1.807, 2.05) is 12.2 Å². The summed E-state index contributed by atoms with van der Waals surface area (Å²) in [5.41, 5.74) is 0.0664. The minimum absolute atomic E-state index is 0.0664. The van der Waals surface area contributed by atoms with Crippen LogP contribution in [-0.4, -0.2) is 35.7 Å². The quantitative estimate of drug-likeness (QED) is 0.718. The summed E-state index contributed by atoms with van der Waals surface area (Å²) in [4.78, 5) is 2.30. The van der Waals surface area contributed by atoms with Crippen LogP contribution in [0.3, 0.4) is 0 Å². The summed E-state index contributed by atoms with van der Waals surface area (Å²) in [6.07, 6.45) is 7.15. The second kappa shape index (κ2) is 6.36. The highest BCUT2D eigenvalue weighted by Gasteiger charge is 2.37. The van der Waals surface area contributed by atoms with Gasteiger partial charge in [0.2, 0.25) is 0 Å². The second-order valence-corrected chi connectivity index (χ2v) is 5.88. The van der Waals surface area contributed by atoms with Crippen LogP contribution in [-0.2, 0) is 0 Å². The molecule has 0 aromatic heterocycles. The SMILES string of the molecule is C=CCN(CC=C)CC1CCCC(C)(C)C1O. The highest BCUT2D eigenvalue weighted by Crippen LogP contribution is 2.39. The largest absolute Gasteiger partial charge is 0.392 e. The summed E-state index contributed by atoms with van der Waals surface area (Å²) >= 11 is 0. The van der Waals surface area contributed by atoms with Gasteiger partial charge in [0.05, 0.1) is 6.10 Å². The van der Waals surface area contributed by atoms with E-state index in [0.717, 1.165) is 32.5 Å². The van der Waals surface area contributed by atoms with E-state index in [2.05, 4.69) is 31.9 Å². The molecular weight excluding hydrogens is 210 g/mol. The van der Waals surface area contributed by atoms with Gasteiger partial charge in [0.15, 0.2) is 0 Å². The minimum atomic E-state index is -0.187. The van der Waals surface area contributed by atoms with Crippen molar-refractivity contribution >= 4 is 0 Å². The molecule has 1 N–H and O–H groups in total. The molecule has 2 atom stereocenters. The smallest absolute Gasteiger partial charge is 0.0631 e. The lowest BCUT2D eigenvalue weighted by Crippen LogP contribution is -2.45. The Morgan fingerprint density at radius 3 is 2.41 bits per heavy atom. The van der Waals surface area contributed by atoms with Gasteiger partial charge in [-0.2, -0.15) is 0 Å². The average molecular weight is 237 g/mol. The van der Waals surface area contributed by atoms with E-state index >= 15 is 0 Å². The van der Waals surface area contributed by atoms with Crippen LogP contribution in [0.5, 0.6) is 0 Å². The third-order valence-corrected chi connectivity index (χ3v) is 3.91. The molecule has 2 nitrogen and oxygen atoms in total. The summed E-state index contributed by atoms with van der Waals surface area (Å²) in [6, 6.07) is 0. The molecule has 0 aromatic carbocycles. The molecule has 0 spiro atoms. The molecular formula is C15H27NO. The first-order valence-electron chi connectivity index (χ1n) is 6.63. The first kappa shape index (κ1) is 14.5. The molecule has 2 unspecified atom stereocenters. The van der Waals surface area contributed by atoms with Crippen molar-refractivity contribution in [1.82, 2.24) is 4.90 Å². The Hall–Kier alpha value is -0.600. The van der Waals surface area contributed by atoms with E-state index in [1.165, 1.54) is 6.42 Å². The van der Waals surface area contributed by atoms with Gasteiger partial charge in [-0.15, -0.1) is 13.2 Å². The number of nitrogens with zero attached hydrogens (tertiary/aromatic N) is 1. The Morgan fingerprint density at radius 1 is 1.29 bits per heavy atom. The van der Waals surface area contributed by atoms with Crippen LogP contribution in [0.2, 0.25) is 0 Å². The van der Waals surface area contributed by atoms with Gasteiger partial charge in [-0.1, -0.05) is 32.4 Å². The van der Waals surface area contributed by atoms with Crippen LogP contribution in [0.4, 0.5) is 0 Å². The third kappa shape index (κ3) is 3.97. The average Bonchev–Trinajstić information content (AvgIpc) is 2.25. The Kier molecular flexibility index (Phi) is 5.41. The Bertz CT molecular complexity index is 250. The predicted octanol–water partition coefficient (Wildman–Crippen LogP) is 2.85. The molecule has 1 rings (SSSR count). The molecule has 1 aliphatic rings. The molecule has 0 radical (unpaired) electrons. The zero-order valence-corrected chi connectivity index (χ0v) is 11.4. The molecule has 0 aliphatic heterocycles. The number of rotatable bonds is 6. The first-order chi connectivity index (χ1) is 8.01. The highest BCUT2D eigenvalue weighted by atomic mass is 16.3. The minimum Gasteiger partial charge on any atom is -0.392 e. The predicted molar refractivity (Wildman–Crippen MR) is 74.0 cm³/mol. The van der Waals surface area contributed by atoms with Crippen LogP contribution in [0.25, 0.3) is 0 Å². The number of hydrogen-bond donors (Lipinski definition) is 1. The van der Waals surface area contributed by atoms with E-state index in [1.54, 1.807) is 0 Å². The molecule has 1 aliphatic carbocycles. The first-order valence-corrected chi connectivity index (χ1v) is 6.63. The van der Waals surface area contributed by atoms with E-state index in [0.29, 0.717) is 5.92 Å². The van der Waals surface area contributed by atoms with Crippen LogP contribution in [0.15, 0.2) is 25.3 Å². The number of aliphatic hydroxyl groups excluding tert-OH is 1.